The molecule has 0 spiro atoms. The van der Waals surface area contributed by atoms with Gasteiger partial charge in [-0.1, -0.05) is 12.1 Å². The normalized spacial score (nSPS) is 19.5. The maximum atomic E-state index is 5.13. The Bertz CT molecular complexity index is 317. The number of hydrogen-bond donors (Lipinski definition) is 2. The monoisotopic (exact) mass is 234 g/mol. The largest absolute Gasteiger partial charge is 0.497 e. The van der Waals surface area contributed by atoms with Crippen molar-refractivity contribution in [1.82, 2.24) is 10.6 Å². The maximum Gasteiger partial charge on any atom is 0.118 e. The summed E-state index contributed by atoms with van der Waals surface area (Å²) in [4.78, 5) is 0. The Labute approximate surface area is 104 Å². The van der Waals surface area contributed by atoms with Crippen LogP contribution in [0.15, 0.2) is 24.3 Å². The highest BCUT2D eigenvalue weighted by molar-refractivity contribution is 5.26. The third kappa shape index (κ3) is 4.02. The van der Waals surface area contributed by atoms with Crippen LogP contribution in [0.25, 0.3) is 0 Å². The molecule has 1 unspecified atom stereocenters. The van der Waals surface area contributed by atoms with E-state index in [0.29, 0.717) is 0 Å². The van der Waals surface area contributed by atoms with Crippen molar-refractivity contribution in [2.24, 2.45) is 0 Å². The first-order chi connectivity index (χ1) is 8.38. The Balaban J connectivity index is 1.63. The highest BCUT2D eigenvalue weighted by Gasteiger charge is 2.12. The number of hydrogen-bond acceptors (Lipinski definition) is 3. The molecule has 0 saturated carbocycles. The Morgan fingerprint density at radius 1 is 1.35 bits per heavy atom. The molecule has 1 aliphatic heterocycles. The summed E-state index contributed by atoms with van der Waals surface area (Å²) < 4.78 is 5.13. The fraction of sp³-hybridized carbons (Fsp3) is 0.571. The van der Waals surface area contributed by atoms with Gasteiger partial charge >= 0.3 is 0 Å². The van der Waals surface area contributed by atoms with Crippen LogP contribution in [0.1, 0.15) is 24.8 Å². The molecule has 0 aliphatic carbocycles. The van der Waals surface area contributed by atoms with E-state index in [1.54, 1.807) is 7.11 Å². The van der Waals surface area contributed by atoms with E-state index in [9.17, 15) is 0 Å². The minimum Gasteiger partial charge on any atom is -0.497 e. The standard InChI is InChI=1S/C14H22N2O/c1-17-14-6-4-12(5-7-14)11-15-10-8-13-3-2-9-16-13/h4-7,13,15-16H,2-3,8-11H2,1H3. The Morgan fingerprint density at radius 2 is 2.18 bits per heavy atom. The first-order valence-corrected chi connectivity index (χ1v) is 6.45. The van der Waals surface area contributed by atoms with Gasteiger partial charge in [0.2, 0.25) is 0 Å². The van der Waals surface area contributed by atoms with Crippen molar-refractivity contribution in [3.63, 3.8) is 0 Å². The quantitative estimate of drug-likeness (QED) is 0.738. The first-order valence-electron chi connectivity index (χ1n) is 6.45. The second kappa shape index (κ2) is 6.62. The van der Waals surface area contributed by atoms with Crippen molar-refractivity contribution < 1.29 is 4.74 Å². The lowest BCUT2D eigenvalue weighted by Gasteiger charge is -2.10. The van der Waals surface area contributed by atoms with Crippen molar-refractivity contribution >= 4 is 0 Å². The van der Waals surface area contributed by atoms with Gasteiger partial charge in [0.05, 0.1) is 7.11 Å². The van der Waals surface area contributed by atoms with E-state index >= 15 is 0 Å². The van der Waals surface area contributed by atoms with Crippen LogP contribution in [0.4, 0.5) is 0 Å². The second-order valence-corrected chi connectivity index (χ2v) is 4.61. The van der Waals surface area contributed by atoms with Crippen molar-refractivity contribution in [3.05, 3.63) is 29.8 Å². The number of methoxy groups -OCH3 is 1. The Kier molecular flexibility index (Phi) is 4.83. The molecule has 94 valence electrons. The Morgan fingerprint density at radius 3 is 2.82 bits per heavy atom. The van der Waals surface area contributed by atoms with Gasteiger partial charge in [0.25, 0.3) is 0 Å². The van der Waals surface area contributed by atoms with Crippen molar-refractivity contribution in [2.45, 2.75) is 31.8 Å². The summed E-state index contributed by atoms with van der Waals surface area (Å²) >= 11 is 0. The molecule has 1 saturated heterocycles. The van der Waals surface area contributed by atoms with Crippen LogP contribution in [-0.4, -0.2) is 26.2 Å². The second-order valence-electron chi connectivity index (χ2n) is 4.61. The fourth-order valence-electron chi connectivity index (χ4n) is 2.26. The van der Waals surface area contributed by atoms with E-state index in [1.165, 1.54) is 31.4 Å². The lowest BCUT2D eigenvalue weighted by Crippen LogP contribution is -2.26. The van der Waals surface area contributed by atoms with Crippen LogP contribution >= 0.6 is 0 Å². The average Bonchev–Trinajstić information content (AvgIpc) is 2.88. The fourth-order valence-corrected chi connectivity index (χ4v) is 2.26. The molecule has 0 aromatic heterocycles. The minimum absolute atomic E-state index is 0.735. The summed E-state index contributed by atoms with van der Waals surface area (Å²) in [6.07, 6.45) is 3.91. The molecule has 1 aromatic rings. The van der Waals surface area contributed by atoms with Crippen LogP contribution in [0.3, 0.4) is 0 Å². The molecule has 0 radical (unpaired) electrons. The lowest BCUT2D eigenvalue weighted by atomic mass is 10.1. The summed E-state index contributed by atoms with van der Waals surface area (Å²) in [5.74, 6) is 0.920. The van der Waals surface area contributed by atoms with Gasteiger partial charge < -0.3 is 15.4 Å². The molecule has 1 heterocycles. The van der Waals surface area contributed by atoms with Gasteiger partial charge in [-0.2, -0.15) is 0 Å². The van der Waals surface area contributed by atoms with Gasteiger partial charge in [-0.05, 0) is 50.0 Å². The predicted octanol–water partition coefficient (Wildman–Crippen LogP) is 1.93. The Hall–Kier alpha value is -1.06. The van der Waals surface area contributed by atoms with E-state index in [4.69, 9.17) is 4.74 Å². The summed E-state index contributed by atoms with van der Waals surface area (Å²) in [5.41, 5.74) is 1.31. The van der Waals surface area contributed by atoms with Crippen LogP contribution in [0.5, 0.6) is 5.75 Å². The van der Waals surface area contributed by atoms with E-state index in [0.717, 1.165) is 24.9 Å². The number of nitrogens with one attached hydrogen (secondary N) is 2. The molecule has 0 amide bonds. The molecule has 3 heteroatoms. The van der Waals surface area contributed by atoms with Gasteiger partial charge in [-0.3, -0.25) is 0 Å². The van der Waals surface area contributed by atoms with Gasteiger partial charge in [0.15, 0.2) is 0 Å². The zero-order valence-electron chi connectivity index (χ0n) is 10.5. The molecular formula is C14H22N2O. The smallest absolute Gasteiger partial charge is 0.118 e. The predicted molar refractivity (Wildman–Crippen MR) is 70.3 cm³/mol. The first kappa shape index (κ1) is 12.4. The summed E-state index contributed by atoms with van der Waals surface area (Å²) in [6, 6.07) is 8.98. The van der Waals surface area contributed by atoms with E-state index in [-0.39, 0.29) is 0 Å². The molecule has 1 aliphatic rings. The van der Waals surface area contributed by atoms with Crippen molar-refractivity contribution in [1.29, 1.82) is 0 Å². The van der Waals surface area contributed by atoms with Crippen molar-refractivity contribution in [3.8, 4) is 5.75 Å². The summed E-state index contributed by atoms with van der Waals surface area (Å²) in [7, 11) is 1.70. The number of benzene rings is 1. The van der Waals surface area contributed by atoms with Crippen molar-refractivity contribution in [2.75, 3.05) is 20.2 Å². The molecule has 1 fully saturated rings. The van der Waals surface area contributed by atoms with Gasteiger partial charge in [0.1, 0.15) is 5.75 Å². The van der Waals surface area contributed by atoms with Crippen LogP contribution in [0, 0.1) is 0 Å². The molecule has 0 bridgehead atoms. The van der Waals surface area contributed by atoms with Crippen LogP contribution in [-0.2, 0) is 6.54 Å². The lowest BCUT2D eigenvalue weighted by molar-refractivity contribution is 0.414. The zero-order chi connectivity index (χ0) is 11.9. The highest BCUT2D eigenvalue weighted by atomic mass is 16.5. The van der Waals surface area contributed by atoms with Crippen LogP contribution in [0.2, 0.25) is 0 Å². The topological polar surface area (TPSA) is 33.3 Å². The number of ether oxygens (including phenoxy) is 1. The van der Waals surface area contributed by atoms with Crippen LogP contribution < -0.4 is 15.4 Å². The molecule has 1 aromatic carbocycles. The molecular weight excluding hydrogens is 212 g/mol. The van der Waals surface area contributed by atoms with E-state index < -0.39 is 0 Å². The zero-order valence-corrected chi connectivity index (χ0v) is 10.5. The van der Waals surface area contributed by atoms with E-state index in [2.05, 4.69) is 22.8 Å². The van der Waals surface area contributed by atoms with Gasteiger partial charge in [0, 0.05) is 12.6 Å². The maximum absolute atomic E-state index is 5.13. The minimum atomic E-state index is 0.735. The third-order valence-electron chi connectivity index (χ3n) is 3.32. The molecule has 17 heavy (non-hydrogen) atoms. The van der Waals surface area contributed by atoms with E-state index in [1.807, 2.05) is 12.1 Å². The third-order valence-corrected chi connectivity index (χ3v) is 3.32. The molecule has 3 nitrogen and oxygen atoms in total. The summed E-state index contributed by atoms with van der Waals surface area (Å²) in [5, 5.41) is 7.00. The molecule has 2 rings (SSSR count). The number of rotatable bonds is 6. The average molecular weight is 234 g/mol. The SMILES string of the molecule is COc1ccc(CNCCC2CCCN2)cc1. The van der Waals surface area contributed by atoms with Gasteiger partial charge in [-0.25, -0.2) is 0 Å². The van der Waals surface area contributed by atoms with Gasteiger partial charge in [-0.15, -0.1) is 0 Å². The molecule has 2 N–H and O–H groups in total. The summed E-state index contributed by atoms with van der Waals surface area (Å²) in [6.45, 7) is 3.23. The molecule has 1 atom stereocenters. The highest BCUT2D eigenvalue weighted by Crippen LogP contribution is 2.11.